The van der Waals surface area contributed by atoms with Crippen LogP contribution in [0.3, 0.4) is 0 Å². The molecule has 2 aromatic rings. The van der Waals surface area contributed by atoms with Crippen molar-refractivity contribution in [3.8, 4) is 11.1 Å². The summed E-state index contributed by atoms with van der Waals surface area (Å²) in [4.78, 5) is 35.7. The molecule has 0 saturated heterocycles. The van der Waals surface area contributed by atoms with Crippen molar-refractivity contribution in [2.45, 2.75) is 31.2 Å². The standard InChI is InChI=1S/C26H28N2O5S/c29-23(28-17-11-16-12-26(16,13-17)24(30)31)15-34-10-9-27-25(32)33-14-22-20-7-3-1-5-18(20)19-6-2-4-8-21(19)22/h1-8,16-17,22H,9-15H2,(H,27,32)(H,28,29)(H,30,31). The van der Waals surface area contributed by atoms with Gasteiger partial charge < -0.3 is 20.5 Å². The van der Waals surface area contributed by atoms with Gasteiger partial charge in [-0.2, -0.15) is 11.8 Å². The summed E-state index contributed by atoms with van der Waals surface area (Å²) in [5.41, 5.74) is 4.14. The first-order valence-corrected chi connectivity index (χ1v) is 12.8. The van der Waals surface area contributed by atoms with Gasteiger partial charge in [0.25, 0.3) is 0 Å². The zero-order valence-electron chi connectivity index (χ0n) is 18.8. The number of aliphatic carboxylic acids is 1. The average molecular weight is 481 g/mol. The predicted molar refractivity (Wildman–Crippen MR) is 130 cm³/mol. The normalized spacial score (nSPS) is 24.0. The molecule has 3 atom stereocenters. The third-order valence-corrected chi connectivity index (χ3v) is 8.25. The number of carbonyl (C=O) groups excluding carboxylic acids is 2. The fourth-order valence-electron chi connectivity index (χ4n) is 5.57. The van der Waals surface area contributed by atoms with Crippen molar-refractivity contribution in [2.24, 2.45) is 11.3 Å². The van der Waals surface area contributed by atoms with Crippen LogP contribution >= 0.6 is 11.8 Å². The van der Waals surface area contributed by atoms with E-state index in [1.165, 1.54) is 34.0 Å². The van der Waals surface area contributed by atoms with E-state index in [0.717, 1.165) is 12.8 Å². The van der Waals surface area contributed by atoms with Crippen LogP contribution in [0.15, 0.2) is 48.5 Å². The molecule has 2 amide bonds. The number of thioether (sulfide) groups is 1. The number of alkyl carbamates (subject to hydrolysis) is 1. The number of rotatable bonds is 9. The summed E-state index contributed by atoms with van der Waals surface area (Å²) in [6.07, 6.45) is 1.57. The number of carboxylic acid groups (broad SMARTS) is 1. The molecule has 8 heteroatoms. The van der Waals surface area contributed by atoms with E-state index >= 15 is 0 Å². The molecule has 3 N–H and O–H groups in total. The largest absolute Gasteiger partial charge is 0.481 e. The number of hydrogen-bond donors (Lipinski definition) is 3. The van der Waals surface area contributed by atoms with Crippen molar-refractivity contribution in [1.82, 2.24) is 10.6 Å². The maximum absolute atomic E-state index is 12.2. The summed E-state index contributed by atoms with van der Waals surface area (Å²) in [6.45, 7) is 0.678. The summed E-state index contributed by atoms with van der Waals surface area (Å²) >= 11 is 1.43. The average Bonchev–Trinajstić information content (AvgIpc) is 3.26. The van der Waals surface area contributed by atoms with Crippen molar-refractivity contribution in [3.05, 3.63) is 59.7 Å². The van der Waals surface area contributed by atoms with E-state index in [9.17, 15) is 19.5 Å². The monoisotopic (exact) mass is 480 g/mol. The van der Waals surface area contributed by atoms with E-state index in [0.29, 0.717) is 18.7 Å². The van der Waals surface area contributed by atoms with Gasteiger partial charge in [0.2, 0.25) is 5.91 Å². The molecule has 34 heavy (non-hydrogen) atoms. The highest BCUT2D eigenvalue weighted by Gasteiger charge is 2.65. The Balaban J connectivity index is 0.994. The van der Waals surface area contributed by atoms with E-state index in [1.807, 2.05) is 24.3 Å². The van der Waals surface area contributed by atoms with Gasteiger partial charge in [0.1, 0.15) is 6.61 Å². The quantitative estimate of drug-likeness (QED) is 0.474. The van der Waals surface area contributed by atoms with Crippen LogP contribution in [0.2, 0.25) is 0 Å². The lowest BCUT2D eigenvalue weighted by Gasteiger charge is -2.16. The van der Waals surface area contributed by atoms with E-state index < -0.39 is 17.5 Å². The number of hydrogen-bond acceptors (Lipinski definition) is 5. The van der Waals surface area contributed by atoms with Crippen LogP contribution in [0.4, 0.5) is 4.79 Å². The number of ether oxygens (including phenoxy) is 1. The van der Waals surface area contributed by atoms with Gasteiger partial charge in [0.05, 0.1) is 11.2 Å². The maximum atomic E-state index is 12.2. The minimum absolute atomic E-state index is 0.0260. The van der Waals surface area contributed by atoms with E-state index in [2.05, 4.69) is 34.9 Å². The minimum Gasteiger partial charge on any atom is -0.481 e. The Bertz CT molecular complexity index is 1080. The summed E-state index contributed by atoms with van der Waals surface area (Å²) in [5.74, 6) is 0.292. The summed E-state index contributed by atoms with van der Waals surface area (Å²) in [7, 11) is 0. The molecule has 0 heterocycles. The number of benzene rings is 2. The van der Waals surface area contributed by atoms with Gasteiger partial charge in [-0.25, -0.2) is 4.79 Å². The predicted octanol–water partition coefficient (Wildman–Crippen LogP) is 3.63. The molecule has 3 aliphatic rings. The van der Waals surface area contributed by atoms with Crippen LogP contribution in [0.1, 0.15) is 36.3 Å². The van der Waals surface area contributed by atoms with E-state index in [-0.39, 0.29) is 36.1 Å². The maximum Gasteiger partial charge on any atom is 0.407 e. The highest BCUT2D eigenvalue weighted by molar-refractivity contribution is 7.99. The van der Waals surface area contributed by atoms with Gasteiger partial charge >= 0.3 is 12.1 Å². The van der Waals surface area contributed by atoms with Crippen LogP contribution in [0, 0.1) is 11.3 Å². The number of fused-ring (bicyclic) bond motifs is 4. The molecule has 0 radical (unpaired) electrons. The van der Waals surface area contributed by atoms with Gasteiger partial charge in [0.15, 0.2) is 0 Å². The molecule has 0 aliphatic heterocycles. The zero-order chi connectivity index (χ0) is 23.7. The van der Waals surface area contributed by atoms with Crippen molar-refractivity contribution in [2.75, 3.05) is 24.7 Å². The molecule has 0 aromatic heterocycles. The van der Waals surface area contributed by atoms with Crippen LogP contribution in [0.25, 0.3) is 11.1 Å². The Kier molecular flexibility index (Phi) is 6.25. The first kappa shape index (κ1) is 22.8. The fraction of sp³-hybridized carbons (Fsp3) is 0.423. The molecule has 3 unspecified atom stereocenters. The molecule has 0 spiro atoms. The summed E-state index contributed by atoms with van der Waals surface area (Å²) in [5, 5.41) is 15.0. The molecule has 178 valence electrons. The van der Waals surface area contributed by atoms with Crippen LogP contribution in [-0.2, 0) is 14.3 Å². The SMILES string of the molecule is O=C(CSCCNC(=O)OCC1c2ccccc2-c2ccccc21)NC1CC2CC2(C(=O)O)C1. The van der Waals surface area contributed by atoms with Crippen LogP contribution in [0.5, 0.6) is 0 Å². The molecule has 2 saturated carbocycles. The Hall–Kier alpha value is -3.00. The third-order valence-electron chi connectivity index (χ3n) is 7.30. The third kappa shape index (κ3) is 4.39. The lowest BCUT2D eigenvalue weighted by Crippen LogP contribution is -2.36. The second-order valence-electron chi connectivity index (χ2n) is 9.37. The Morgan fingerprint density at radius 1 is 1.03 bits per heavy atom. The minimum atomic E-state index is -0.733. The topological polar surface area (TPSA) is 105 Å². The molecule has 7 nitrogen and oxygen atoms in total. The van der Waals surface area contributed by atoms with Gasteiger partial charge in [-0.3, -0.25) is 9.59 Å². The Morgan fingerprint density at radius 2 is 1.71 bits per heavy atom. The van der Waals surface area contributed by atoms with Crippen molar-refractivity contribution in [3.63, 3.8) is 0 Å². The molecule has 3 aliphatic carbocycles. The van der Waals surface area contributed by atoms with E-state index in [1.54, 1.807) is 0 Å². The van der Waals surface area contributed by atoms with Crippen molar-refractivity contribution >= 4 is 29.7 Å². The molecule has 2 fully saturated rings. The highest BCUT2D eigenvalue weighted by atomic mass is 32.2. The van der Waals surface area contributed by atoms with Crippen molar-refractivity contribution < 1.29 is 24.2 Å². The number of carboxylic acids is 1. The smallest absolute Gasteiger partial charge is 0.407 e. The molecule has 5 rings (SSSR count). The summed E-state index contributed by atoms with van der Waals surface area (Å²) in [6, 6.07) is 16.4. The summed E-state index contributed by atoms with van der Waals surface area (Å²) < 4.78 is 5.51. The van der Waals surface area contributed by atoms with Gasteiger partial charge in [-0.15, -0.1) is 0 Å². The second-order valence-corrected chi connectivity index (χ2v) is 10.5. The molecule has 2 aromatic carbocycles. The highest BCUT2D eigenvalue weighted by Crippen LogP contribution is 2.63. The molecule has 0 bridgehead atoms. The fourth-order valence-corrected chi connectivity index (χ4v) is 6.23. The van der Waals surface area contributed by atoms with Crippen LogP contribution in [-0.4, -0.2) is 53.8 Å². The van der Waals surface area contributed by atoms with Crippen molar-refractivity contribution in [1.29, 1.82) is 0 Å². The first-order chi connectivity index (χ1) is 16.5. The first-order valence-electron chi connectivity index (χ1n) is 11.7. The molecular formula is C26H28N2O5S. The number of carbonyl (C=O) groups is 3. The Labute approximate surface area is 202 Å². The second kappa shape index (κ2) is 9.33. The van der Waals surface area contributed by atoms with Gasteiger partial charge in [-0.1, -0.05) is 48.5 Å². The van der Waals surface area contributed by atoms with Gasteiger partial charge in [0, 0.05) is 24.3 Å². The zero-order valence-corrected chi connectivity index (χ0v) is 19.6. The number of amides is 2. The molecular weight excluding hydrogens is 452 g/mol. The van der Waals surface area contributed by atoms with Crippen LogP contribution < -0.4 is 10.6 Å². The van der Waals surface area contributed by atoms with E-state index in [4.69, 9.17) is 4.74 Å². The lowest BCUT2D eigenvalue weighted by molar-refractivity contribution is -0.143. The lowest BCUT2D eigenvalue weighted by atomic mass is 9.98. The van der Waals surface area contributed by atoms with Gasteiger partial charge in [-0.05, 0) is 47.4 Å². The Morgan fingerprint density at radius 3 is 2.35 bits per heavy atom. The number of nitrogens with one attached hydrogen (secondary N) is 2.